The van der Waals surface area contributed by atoms with Crippen molar-refractivity contribution in [3.8, 4) is 0 Å². The Hall–Kier alpha value is -3.19. The van der Waals surface area contributed by atoms with Gasteiger partial charge < -0.3 is 5.32 Å². The highest BCUT2D eigenvalue weighted by molar-refractivity contribution is 5.83. The molecule has 0 heterocycles. The lowest BCUT2D eigenvalue weighted by atomic mass is 9.94. The van der Waals surface area contributed by atoms with Crippen molar-refractivity contribution in [1.82, 2.24) is 10.6 Å². The molecule has 3 aromatic carbocycles. The number of hydrogen-bond acceptors (Lipinski definition) is 2. The van der Waals surface area contributed by atoms with Crippen molar-refractivity contribution < 1.29 is 22.4 Å². The molecule has 0 radical (unpaired) electrons. The molecule has 33 heavy (non-hydrogen) atoms. The summed E-state index contributed by atoms with van der Waals surface area (Å²) in [5.74, 6) is -0.678. The topological polar surface area (TPSA) is 41.1 Å². The summed E-state index contributed by atoms with van der Waals surface area (Å²) in [6.45, 7) is 1.85. The van der Waals surface area contributed by atoms with Crippen LogP contribution in [0.2, 0.25) is 0 Å². The number of benzene rings is 3. The Morgan fingerprint density at radius 1 is 0.970 bits per heavy atom. The second-order valence-electron chi connectivity index (χ2n) is 7.94. The van der Waals surface area contributed by atoms with E-state index in [2.05, 4.69) is 10.6 Å². The first kappa shape index (κ1) is 24.5. The molecule has 0 aliphatic rings. The minimum absolute atomic E-state index is 0.270. The number of amides is 1. The molecule has 1 amide bonds. The molecule has 7 heteroatoms. The number of alkyl halides is 3. The van der Waals surface area contributed by atoms with Crippen molar-refractivity contribution in [2.75, 3.05) is 7.05 Å². The Kier molecular flexibility index (Phi) is 7.87. The second-order valence-corrected chi connectivity index (χ2v) is 7.94. The molecule has 0 aromatic heterocycles. The van der Waals surface area contributed by atoms with Gasteiger partial charge in [-0.1, -0.05) is 60.2 Å². The van der Waals surface area contributed by atoms with E-state index in [1.165, 1.54) is 25.2 Å². The molecule has 0 saturated carbocycles. The van der Waals surface area contributed by atoms with Crippen molar-refractivity contribution in [2.45, 2.75) is 38.0 Å². The van der Waals surface area contributed by atoms with E-state index in [9.17, 15) is 22.4 Å². The third-order valence-corrected chi connectivity index (χ3v) is 5.54. The fourth-order valence-electron chi connectivity index (χ4n) is 3.74. The van der Waals surface area contributed by atoms with Crippen molar-refractivity contribution in [3.63, 3.8) is 0 Å². The third kappa shape index (κ3) is 6.42. The van der Waals surface area contributed by atoms with E-state index in [1.807, 2.05) is 37.3 Å². The maximum atomic E-state index is 14.8. The summed E-state index contributed by atoms with van der Waals surface area (Å²) in [6.07, 6.45) is -3.62. The van der Waals surface area contributed by atoms with Crippen LogP contribution >= 0.6 is 0 Å². The molecule has 0 bridgehead atoms. The van der Waals surface area contributed by atoms with Crippen LogP contribution in [-0.2, 0) is 17.4 Å². The molecule has 2 N–H and O–H groups in total. The van der Waals surface area contributed by atoms with Gasteiger partial charge >= 0.3 is 6.18 Å². The van der Waals surface area contributed by atoms with Crippen LogP contribution in [0.15, 0.2) is 72.8 Å². The molecule has 3 rings (SSSR count). The molecule has 0 spiro atoms. The Balaban J connectivity index is 1.89. The van der Waals surface area contributed by atoms with Gasteiger partial charge in [-0.2, -0.15) is 13.2 Å². The number of halogens is 4. The molecular formula is C26H26F4N2O. The van der Waals surface area contributed by atoms with E-state index in [1.54, 1.807) is 12.1 Å². The number of carbonyl (C=O) groups excluding carboxylic acids is 1. The Bertz CT molecular complexity index is 1070. The molecule has 3 nitrogen and oxygen atoms in total. The summed E-state index contributed by atoms with van der Waals surface area (Å²) in [7, 11) is 1.53. The van der Waals surface area contributed by atoms with Crippen LogP contribution < -0.4 is 10.6 Å². The van der Waals surface area contributed by atoms with Crippen LogP contribution in [0.1, 0.15) is 46.3 Å². The number of aryl methyl sites for hydroxylation is 2. The standard InChI is InChI=1S/C26H26F4N2O/c1-17-8-14-22(27)21(16-17)23(15-11-18-9-12-20(13-10-18)26(28,29)30)32-24(25(33)31-2)19-6-4-3-5-7-19/h3-10,12-14,16,23-24,32H,11,15H2,1-2H3,(H,31,33)/t23-,24-/m1/s1. The van der Waals surface area contributed by atoms with Gasteiger partial charge in [0.25, 0.3) is 0 Å². The lowest BCUT2D eigenvalue weighted by molar-refractivity contribution is -0.137. The number of nitrogens with one attached hydrogen (secondary N) is 2. The predicted molar refractivity (Wildman–Crippen MR) is 120 cm³/mol. The summed E-state index contributed by atoms with van der Waals surface area (Å²) in [5.41, 5.74) is 1.98. The normalized spacial score (nSPS) is 13.4. The van der Waals surface area contributed by atoms with Gasteiger partial charge in [-0.15, -0.1) is 0 Å². The molecule has 2 atom stereocenters. The van der Waals surface area contributed by atoms with Crippen LogP contribution in [0.5, 0.6) is 0 Å². The molecule has 174 valence electrons. The number of carbonyl (C=O) groups is 1. The first-order chi connectivity index (χ1) is 15.7. The third-order valence-electron chi connectivity index (χ3n) is 5.54. The zero-order chi connectivity index (χ0) is 24.0. The summed E-state index contributed by atoms with van der Waals surface area (Å²) in [5, 5.41) is 5.92. The monoisotopic (exact) mass is 458 g/mol. The largest absolute Gasteiger partial charge is 0.416 e. The highest BCUT2D eigenvalue weighted by Crippen LogP contribution is 2.30. The molecular weight excluding hydrogens is 432 g/mol. The number of rotatable bonds is 8. The van der Waals surface area contributed by atoms with Crippen LogP contribution in [0.4, 0.5) is 17.6 Å². The number of likely N-dealkylation sites (N-methyl/N-ethyl adjacent to an activating group) is 1. The van der Waals surface area contributed by atoms with E-state index in [0.717, 1.165) is 23.3 Å². The van der Waals surface area contributed by atoms with Crippen LogP contribution in [0.25, 0.3) is 0 Å². The predicted octanol–water partition coefficient (Wildman–Crippen LogP) is 5.90. The van der Waals surface area contributed by atoms with Crippen LogP contribution in [0.3, 0.4) is 0 Å². The SMILES string of the molecule is CNC(=O)[C@H](N[C@H](CCc1ccc(C(F)(F)F)cc1)c1cc(C)ccc1F)c1ccccc1. The Morgan fingerprint density at radius 2 is 1.64 bits per heavy atom. The molecule has 3 aromatic rings. The van der Waals surface area contributed by atoms with Gasteiger partial charge in [-0.05, 0) is 49.1 Å². The maximum Gasteiger partial charge on any atom is 0.416 e. The zero-order valence-electron chi connectivity index (χ0n) is 18.4. The molecule has 0 unspecified atom stereocenters. The Morgan fingerprint density at radius 3 is 2.24 bits per heavy atom. The maximum absolute atomic E-state index is 14.8. The van der Waals surface area contributed by atoms with Crippen LogP contribution in [-0.4, -0.2) is 13.0 Å². The summed E-state index contributed by atoms with van der Waals surface area (Å²) in [6, 6.07) is 17.5. The minimum Gasteiger partial charge on any atom is -0.358 e. The highest BCUT2D eigenvalue weighted by Gasteiger charge is 2.30. The molecule has 0 aliphatic carbocycles. The molecule has 0 aliphatic heterocycles. The zero-order valence-corrected chi connectivity index (χ0v) is 18.4. The lowest BCUT2D eigenvalue weighted by Crippen LogP contribution is -2.38. The second kappa shape index (κ2) is 10.6. The smallest absolute Gasteiger partial charge is 0.358 e. The van der Waals surface area contributed by atoms with E-state index in [4.69, 9.17) is 0 Å². The van der Waals surface area contributed by atoms with Crippen LogP contribution in [0, 0.1) is 12.7 Å². The average Bonchev–Trinajstić information content (AvgIpc) is 2.81. The molecule has 0 saturated heterocycles. The van der Waals surface area contributed by atoms with Gasteiger partial charge in [0.15, 0.2) is 0 Å². The first-order valence-corrected chi connectivity index (χ1v) is 10.6. The van der Waals surface area contributed by atoms with Gasteiger partial charge in [0.1, 0.15) is 11.9 Å². The van der Waals surface area contributed by atoms with Gasteiger partial charge in [-0.3, -0.25) is 10.1 Å². The molecule has 0 fully saturated rings. The quantitative estimate of drug-likeness (QED) is 0.413. The fraction of sp³-hybridized carbons (Fsp3) is 0.269. The van der Waals surface area contributed by atoms with Crippen molar-refractivity contribution in [1.29, 1.82) is 0 Å². The van der Waals surface area contributed by atoms with E-state index >= 15 is 0 Å². The van der Waals surface area contributed by atoms with Gasteiger partial charge in [0.05, 0.1) is 5.56 Å². The Labute approximate surface area is 190 Å². The summed E-state index contributed by atoms with van der Waals surface area (Å²) >= 11 is 0. The minimum atomic E-state index is -4.40. The first-order valence-electron chi connectivity index (χ1n) is 10.6. The van der Waals surface area contributed by atoms with E-state index in [0.29, 0.717) is 24.0 Å². The van der Waals surface area contributed by atoms with Gasteiger partial charge in [0.2, 0.25) is 5.91 Å². The highest BCUT2D eigenvalue weighted by atomic mass is 19.4. The summed E-state index contributed by atoms with van der Waals surface area (Å²) in [4.78, 5) is 12.7. The van der Waals surface area contributed by atoms with Crippen molar-refractivity contribution in [2.24, 2.45) is 0 Å². The fourth-order valence-corrected chi connectivity index (χ4v) is 3.74. The van der Waals surface area contributed by atoms with Crippen molar-refractivity contribution >= 4 is 5.91 Å². The van der Waals surface area contributed by atoms with Crippen molar-refractivity contribution in [3.05, 3.63) is 106 Å². The van der Waals surface area contributed by atoms with E-state index in [-0.39, 0.29) is 5.91 Å². The summed E-state index contributed by atoms with van der Waals surface area (Å²) < 4.78 is 53.4. The number of hydrogen-bond donors (Lipinski definition) is 2. The van der Waals surface area contributed by atoms with Gasteiger partial charge in [0, 0.05) is 18.7 Å². The lowest BCUT2D eigenvalue weighted by Gasteiger charge is -2.26. The average molecular weight is 458 g/mol. The van der Waals surface area contributed by atoms with E-state index < -0.39 is 29.6 Å². The van der Waals surface area contributed by atoms with Gasteiger partial charge in [-0.25, -0.2) is 4.39 Å².